The highest BCUT2D eigenvalue weighted by Crippen LogP contribution is 2.26. The maximum atomic E-state index is 12.6. The summed E-state index contributed by atoms with van der Waals surface area (Å²) in [5.41, 5.74) is 5.25. The Balaban J connectivity index is 0.00000182. The van der Waals surface area contributed by atoms with E-state index >= 15 is 0 Å². The fourth-order valence-corrected chi connectivity index (χ4v) is 3.28. The lowest BCUT2D eigenvalue weighted by Crippen LogP contribution is -2.30. The van der Waals surface area contributed by atoms with Crippen molar-refractivity contribution in [3.05, 3.63) is 46.3 Å². The van der Waals surface area contributed by atoms with Crippen LogP contribution in [0.5, 0.6) is 0 Å². The van der Waals surface area contributed by atoms with Crippen molar-refractivity contribution >= 4 is 29.9 Å². The molecule has 0 bridgehead atoms. The zero-order valence-electron chi connectivity index (χ0n) is 13.8. The molecule has 4 N–H and O–H groups in total. The molecular formula is C17H20ClN5O2. The van der Waals surface area contributed by atoms with Crippen molar-refractivity contribution < 1.29 is 9.59 Å². The number of hydrogen-bond acceptors (Lipinski definition) is 4. The maximum absolute atomic E-state index is 12.6. The molecule has 2 amide bonds. The van der Waals surface area contributed by atoms with Crippen LogP contribution in [0.2, 0.25) is 0 Å². The highest BCUT2D eigenvalue weighted by atomic mass is 35.5. The van der Waals surface area contributed by atoms with Gasteiger partial charge in [0.1, 0.15) is 0 Å². The van der Waals surface area contributed by atoms with Crippen molar-refractivity contribution in [2.45, 2.75) is 32.4 Å². The van der Waals surface area contributed by atoms with Crippen LogP contribution in [-0.2, 0) is 24.2 Å². The van der Waals surface area contributed by atoms with Crippen LogP contribution in [0, 0.1) is 0 Å². The summed E-state index contributed by atoms with van der Waals surface area (Å²) in [6.45, 7) is 3.49. The summed E-state index contributed by atoms with van der Waals surface area (Å²) in [4.78, 5) is 24.0. The Kier molecular flexibility index (Phi) is 4.78. The number of benzene rings is 1. The van der Waals surface area contributed by atoms with Gasteiger partial charge in [-0.3, -0.25) is 14.7 Å². The molecule has 1 atom stereocenters. The highest BCUT2D eigenvalue weighted by Gasteiger charge is 2.24. The number of aromatic nitrogens is 2. The van der Waals surface area contributed by atoms with Crippen LogP contribution in [0.4, 0.5) is 5.69 Å². The van der Waals surface area contributed by atoms with Crippen molar-refractivity contribution in [2.24, 2.45) is 0 Å². The number of anilines is 1. The zero-order valence-corrected chi connectivity index (χ0v) is 14.6. The number of nitrogens with zero attached hydrogens (tertiary/aromatic N) is 1. The fourth-order valence-electron chi connectivity index (χ4n) is 3.28. The van der Waals surface area contributed by atoms with Crippen LogP contribution < -0.4 is 16.0 Å². The second kappa shape index (κ2) is 6.85. The molecule has 8 heteroatoms. The molecule has 0 radical (unpaired) electrons. The van der Waals surface area contributed by atoms with Crippen molar-refractivity contribution in [3.63, 3.8) is 0 Å². The maximum Gasteiger partial charge on any atom is 0.272 e. The number of amides is 2. The first-order chi connectivity index (χ1) is 11.6. The molecule has 25 heavy (non-hydrogen) atoms. The van der Waals surface area contributed by atoms with Gasteiger partial charge in [-0.15, -0.1) is 12.4 Å². The Morgan fingerprint density at radius 2 is 2.20 bits per heavy atom. The predicted octanol–water partition coefficient (Wildman–Crippen LogP) is 1.46. The van der Waals surface area contributed by atoms with Gasteiger partial charge in [-0.1, -0.05) is 12.1 Å². The third-order valence-electron chi connectivity index (χ3n) is 4.62. The second-order valence-electron chi connectivity index (χ2n) is 6.29. The molecule has 0 spiro atoms. The molecule has 1 aromatic heterocycles. The van der Waals surface area contributed by atoms with E-state index in [1.807, 2.05) is 25.1 Å². The van der Waals surface area contributed by atoms with Gasteiger partial charge in [0.05, 0.1) is 12.5 Å². The van der Waals surface area contributed by atoms with Gasteiger partial charge in [-0.05, 0) is 24.1 Å². The van der Waals surface area contributed by atoms with E-state index in [1.165, 1.54) is 0 Å². The van der Waals surface area contributed by atoms with Crippen molar-refractivity contribution in [1.82, 2.24) is 20.8 Å². The van der Waals surface area contributed by atoms with E-state index in [0.717, 1.165) is 41.0 Å². The first-order valence-electron chi connectivity index (χ1n) is 8.12. The minimum Gasteiger partial charge on any atom is -0.344 e. The van der Waals surface area contributed by atoms with Crippen LogP contribution in [0.25, 0.3) is 0 Å². The van der Waals surface area contributed by atoms with Gasteiger partial charge in [0.15, 0.2) is 5.69 Å². The Bertz CT molecular complexity index is 832. The first-order valence-corrected chi connectivity index (χ1v) is 8.12. The van der Waals surface area contributed by atoms with E-state index < -0.39 is 0 Å². The summed E-state index contributed by atoms with van der Waals surface area (Å²) < 4.78 is 0. The second-order valence-corrected chi connectivity index (χ2v) is 6.29. The van der Waals surface area contributed by atoms with Crippen LogP contribution in [-0.4, -0.2) is 28.6 Å². The number of nitrogens with one attached hydrogen (secondary N) is 4. The molecule has 0 fully saturated rings. The summed E-state index contributed by atoms with van der Waals surface area (Å²) in [6, 6.07) is 5.62. The van der Waals surface area contributed by atoms with E-state index in [0.29, 0.717) is 18.7 Å². The van der Waals surface area contributed by atoms with Gasteiger partial charge in [0.25, 0.3) is 5.91 Å². The number of carbonyl (C=O) groups is 2. The third-order valence-corrected chi connectivity index (χ3v) is 4.62. The van der Waals surface area contributed by atoms with Gasteiger partial charge in [0.2, 0.25) is 5.91 Å². The van der Waals surface area contributed by atoms with E-state index in [4.69, 9.17) is 0 Å². The van der Waals surface area contributed by atoms with E-state index in [-0.39, 0.29) is 30.3 Å². The molecule has 2 aromatic rings. The molecule has 132 valence electrons. The van der Waals surface area contributed by atoms with Gasteiger partial charge >= 0.3 is 0 Å². The minimum absolute atomic E-state index is 0. The Morgan fingerprint density at radius 3 is 3.04 bits per heavy atom. The smallest absolute Gasteiger partial charge is 0.272 e. The van der Waals surface area contributed by atoms with E-state index in [2.05, 4.69) is 26.1 Å². The number of carbonyl (C=O) groups excluding carboxylic acids is 2. The SMILES string of the molecule is CC(NC(=O)c1n[nH]c2c1CNCC2)c1ccc2c(c1)CC(=O)N2.Cl. The number of aromatic amines is 1. The van der Waals surface area contributed by atoms with Crippen LogP contribution >= 0.6 is 12.4 Å². The monoisotopic (exact) mass is 361 g/mol. The lowest BCUT2D eigenvalue weighted by Gasteiger charge is -2.16. The summed E-state index contributed by atoms with van der Waals surface area (Å²) in [5, 5.41) is 16.2. The highest BCUT2D eigenvalue weighted by molar-refractivity contribution is 5.99. The molecule has 0 aliphatic carbocycles. The van der Waals surface area contributed by atoms with Crippen molar-refractivity contribution in [2.75, 3.05) is 11.9 Å². The molecule has 1 unspecified atom stereocenters. The summed E-state index contributed by atoms with van der Waals surface area (Å²) in [6.07, 6.45) is 1.25. The Labute approximate surface area is 151 Å². The molecule has 0 saturated carbocycles. The summed E-state index contributed by atoms with van der Waals surface area (Å²) >= 11 is 0. The molecule has 4 rings (SSSR count). The summed E-state index contributed by atoms with van der Waals surface area (Å²) in [5.74, 6) is -0.173. The number of fused-ring (bicyclic) bond motifs is 2. The minimum atomic E-state index is -0.182. The van der Waals surface area contributed by atoms with Crippen LogP contribution in [0.3, 0.4) is 0 Å². The normalized spacial score (nSPS) is 16.3. The number of H-pyrrole nitrogens is 1. The van der Waals surface area contributed by atoms with E-state index in [1.54, 1.807) is 0 Å². The Morgan fingerprint density at radius 1 is 1.36 bits per heavy atom. The van der Waals surface area contributed by atoms with Crippen molar-refractivity contribution in [3.8, 4) is 0 Å². The number of hydrogen-bond donors (Lipinski definition) is 4. The first kappa shape index (κ1) is 17.4. The van der Waals surface area contributed by atoms with Gasteiger partial charge < -0.3 is 16.0 Å². The van der Waals surface area contributed by atoms with Crippen LogP contribution in [0.15, 0.2) is 18.2 Å². The largest absolute Gasteiger partial charge is 0.344 e. The number of rotatable bonds is 3. The van der Waals surface area contributed by atoms with Crippen LogP contribution in [0.1, 0.15) is 45.8 Å². The predicted molar refractivity (Wildman–Crippen MR) is 95.9 cm³/mol. The number of halogens is 1. The quantitative estimate of drug-likeness (QED) is 0.665. The third kappa shape index (κ3) is 3.25. The van der Waals surface area contributed by atoms with Gasteiger partial charge in [0, 0.05) is 36.5 Å². The molecule has 2 aliphatic heterocycles. The average Bonchev–Trinajstić information content (AvgIpc) is 3.16. The molecule has 7 nitrogen and oxygen atoms in total. The lowest BCUT2D eigenvalue weighted by molar-refractivity contribution is -0.115. The standard InChI is InChI=1S/C17H19N5O2.ClH/c1-9(10-2-3-13-11(6-10)7-15(23)20-13)19-17(24)16-12-8-18-5-4-14(12)21-22-16;/h2-3,6,9,18H,4-5,7-8H2,1H3,(H,19,24)(H,20,23)(H,21,22);1H. The molecule has 1 aromatic carbocycles. The topological polar surface area (TPSA) is 98.9 Å². The Hall–Kier alpha value is -2.38. The lowest BCUT2D eigenvalue weighted by atomic mass is 10.0. The molecule has 0 saturated heterocycles. The summed E-state index contributed by atoms with van der Waals surface area (Å²) in [7, 11) is 0. The fraction of sp³-hybridized carbons (Fsp3) is 0.353. The average molecular weight is 362 g/mol. The molecule has 2 aliphatic rings. The molecular weight excluding hydrogens is 342 g/mol. The molecule has 3 heterocycles. The van der Waals surface area contributed by atoms with Crippen molar-refractivity contribution in [1.29, 1.82) is 0 Å². The zero-order chi connectivity index (χ0) is 16.7. The van der Waals surface area contributed by atoms with E-state index in [9.17, 15) is 9.59 Å². The van der Waals surface area contributed by atoms with Gasteiger partial charge in [-0.25, -0.2) is 0 Å². The van der Waals surface area contributed by atoms with Gasteiger partial charge in [-0.2, -0.15) is 5.10 Å².